The molecule has 0 saturated heterocycles. The lowest BCUT2D eigenvalue weighted by Crippen LogP contribution is -2.01. The molecule has 3 atom stereocenters. The average molecular weight is 165 g/mol. The highest BCUT2D eigenvalue weighted by molar-refractivity contribution is 5.57. The van der Waals surface area contributed by atoms with Crippen molar-refractivity contribution in [1.82, 2.24) is 0 Å². The minimum absolute atomic E-state index is 0.964. The number of aliphatic imine (C=N–C) groups is 1. The van der Waals surface area contributed by atoms with Crippen LogP contribution in [0.1, 0.15) is 39.0 Å². The van der Waals surface area contributed by atoms with Crippen LogP contribution in [0.5, 0.6) is 0 Å². The predicted octanol–water partition coefficient (Wildman–Crippen LogP) is 2.90. The van der Waals surface area contributed by atoms with E-state index in [0.717, 1.165) is 24.3 Å². The van der Waals surface area contributed by atoms with Gasteiger partial charge in [-0.3, -0.25) is 4.99 Å². The van der Waals surface area contributed by atoms with Gasteiger partial charge in [-0.15, -0.1) is 0 Å². The predicted molar refractivity (Wildman–Crippen MR) is 52.6 cm³/mol. The molecule has 0 aromatic rings. The molecule has 12 heavy (non-hydrogen) atoms. The van der Waals surface area contributed by atoms with Crippen LogP contribution in [0.15, 0.2) is 4.99 Å². The number of rotatable bonds is 2. The largest absolute Gasteiger partial charge is 0.298 e. The average Bonchev–Trinajstić information content (AvgIpc) is 2.78. The molecular formula is C11H19N. The second kappa shape index (κ2) is 3.59. The molecule has 2 rings (SSSR count). The summed E-state index contributed by atoms with van der Waals surface area (Å²) in [6, 6.07) is 0. The van der Waals surface area contributed by atoms with Crippen molar-refractivity contribution in [1.29, 1.82) is 0 Å². The van der Waals surface area contributed by atoms with Gasteiger partial charge in [0.05, 0.1) is 0 Å². The molecule has 0 bridgehead atoms. The Balaban J connectivity index is 1.75. The zero-order valence-corrected chi connectivity index (χ0v) is 8.00. The van der Waals surface area contributed by atoms with E-state index in [2.05, 4.69) is 18.1 Å². The topological polar surface area (TPSA) is 12.4 Å². The lowest BCUT2D eigenvalue weighted by Gasteiger charge is -2.11. The van der Waals surface area contributed by atoms with E-state index in [9.17, 15) is 0 Å². The van der Waals surface area contributed by atoms with E-state index in [1.807, 2.05) is 0 Å². The van der Waals surface area contributed by atoms with Gasteiger partial charge in [-0.2, -0.15) is 0 Å². The molecule has 1 nitrogen and oxygen atoms in total. The summed E-state index contributed by atoms with van der Waals surface area (Å²) in [7, 11) is 0. The molecule has 2 aliphatic rings. The van der Waals surface area contributed by atoms with E-state index >= 15 is 0 Å². The zero-order valence-electron chi connectivity index (χ0n) is 8.00. The van der Waals surface area contributed by atoms with Crippen LogP contribution in [0.4, 0.5) is 0 Å². The van der Waals surface area contributed by atoms with Crippen molar-refractivity contribution in [3.05, 3.63) is 0 Å². The minimum Gasteiger partial charge on any atom is -0.298 e. The highest BCUT2D eigenvalue weighted by Gasteiger charge is 2.33. The first kappa shape index (κ1) is 8.28. The van der Waals surface area contributed by atoms with Gasteiger partial charge in [0.1, 0.15) is 0 Å². The van der Waals surface area contributed by atoms with Gasteiger partial charge < -0.3 is 0 Å². The van der Waals surface area contributed by atoms with Crippen LogP contribution < -0.4 is 0 Å². The lowest BCUT2D eigenvalue weighted by molar-refractivity contribution is 0.429. The third kappa shape index (κ3) is 2.09. The molecule has 1 heteroatoms. The summed E-state index contributed by atoms with van der Waals surface area (Å²) in [5.74, 6) is 3.07. The van der Waals surface area contributed by atoms with E-state index in [1.54, 1.807) is 0 Å². The van der Waals surface area contributed by atoms with Gasteiger partial charge in [0.15, 0.2) is 0 Å². The molecule has 0 radical (unpaired) electrons. The molecule has 0 aromatic heterocycles. The maximum absolute atomic E-state index is 4.34. The van der Waals surface area contributed by atoms with Crippen LogP contribution in [-0.2, 0) is 0 Å². The van der Waals surface area contributed by atoms with Crippen molar-refractivity contribution >= 4 is 6.21 Å². The minimum atomic E-state index is 0.964. The quantitative estimate of drug-likeness (QED) is 0.596. The van der Waals surface area contributed by atoms with Gasteiger partial charge in [0, 0.05) is 6.54 Å². The SMILES string of the molecule is CC1CC1CC1CC=NCCC1. The molecule has 1 saturated carbocycles. The highest BCUT2D eigenvalue weighted by Crippen LogP contribution is 2.43. The van der Waals surface area contributed by atoms with E-state index in [-0.39, 0.29) is 0 Å². The van der Waals surface area contributed by atoms with E-state index in [0.29, 0.717) is 0 Å². The Morgan fingerprint density at radius 2 is 2.33 bits per heavy atom. The summed E-state index contributed by atoms with van der Waals surface area (Å²) in [6.07, 6.45) is 9.13. The molecule has 1 fully saturated rings. The summed E-state index contributed by atoms with van der Waals surface area (Å²) < 4.78 is 0. The molecule has 0 amide bonds. The van der Waals surface area contributed by atoms with Crippen LogP contribution in [0.3, 0.4) is 0 Å². The fraction of sp³-hybridized carbons (Fsp3) is 0.909. The standard InChI is InChI=1S/C11H19N/c1-9-7-11(9)8-10-3-2-5-12-6-4-10/h6,9-11H,2-5,7-8H2,1H3. The lowest BCUT2D eigenvalue weighted by atomic mass is 9.94. The van der Waals surface area contributed by atoms with Crippen molar-refractivity contribution in [2.24, 2.45) is 22.7 Å². The monoisotopic (exact) mass is 165 g/mol. The molecule has 3 unspecified atom stereocenters. The Labute approximate surface area is 75.3 Å². The Hall–Kier alpha value is -0.330. The summed E-state index contributed by atoms with van der Waals surface area (Å²) >= 11 is 0. The molecule has 0 aromatic carbocycles. The van der Waals surface area contributed by atoms with Gasteiger partial charge in [0.25, 0.3) is 0 Å². The number of hydrogen-bond donors (Lipinski definition) is 0. The fourth-order valence-corrected chi connectivity index (χ4v) is 2.27. The van der Waals surface area contributed by atoms with Crippen LogP contribution in [0.25, 0.3) is 0 Å². The number of nitrogens with zero attached hydrogens (tertiary/aromatic N) is 1. The molecule has 0 spiro atoms. The third-order valence-electron chi connectivity index (χ3n) is 3.38. The van der Waals surface area contributed by atoms with E-state index in [1.165, 1.54) is 32.1 Å². The molecule has 1 aliphatic heterocycles. The summed E-state index contributed by atoms with van der Waals surface area (Å²) in [5.41, 5.74) is 0. The zero-order chi connectivity index (χ0) is 8.39. The van der Waals surface area contributed by atoms with E-state index < -0.39 is 0 Å². The van der Waals surface area contributed by atoms with Crippen molar-refractivity contribution in [2.45, 2.75) is 39.0 Å². The summed E-state index contributed by atoms with van der Waals surface area (Å²) in [6.45, 7) is 3.46. The van der Waals surface area contributed by atoms with Crippen molar-refractivity contribution in [3.63, 3.8) is 0 Å². The maximum Gasteiger partial charge on any atom is 0.0385 e. The first-order chi connectivity index (χ1) is 5.86. The van der Waals surface area contributed by atoms with Gasteiger partial charge in [0.2, 0.25) is 0 Å². The molecule has 1 aliphatic carbocycles. The van der Waals surface area contributed by atoms with Gasteiger partial charge >= 0.3 is 0 Å². The normalized spacial score (nSPS) is 40.9. The maximum atomic E-state index is 4.34. The van der Waals surface area contributed by atoms with Crippen LogP contribution >= 0.6 is 0 Å². The second-order valence-corrected chi connectivity index (χ2v) is 4.54. The third-order valence-corrected chi connectivity index (χ3v) is 3.38. The second-order valence-electron chi connectivity index (χ2n) is 4.54. The van der Waals surface area contributed by atoms with Gasteiger partial charge in [-0.25, -0.2) is 0 Å². The Bertz CT molecular complexity index is 174. The van der Waals surface area contributed by atoms with Crippen LogP contribution in [0, 0.1) is 17.8 Å². The molecular weight excluding hydrogens is 146 g/mol. The Kier molecular flexibility index (Phi) is 2.48. The van der Waals surface area contributed by atoms with Crippen LogP contribution in [-0.4, -0.2) is 12.8 Å². The highest BCUT2D eigenvalue weighted by atomic mass is 14.7. The molecule has 0 N–H and O–H groups in total. The van der Waals surface area contributed by atoms with Crippen molar-refractivity contribution in [3.8, 4) is 0 Å². The Morgan fingerprint density at radius 3 is 3.08 bits per heavy atom. The van der Waals surface area contributed by atoms with E-state index in [4.69, 9.17) is 0 Å². The summed E-state index contributed by atoms with van der Waals surface area (Å²) in [5, 5.41) is 0. The first-order valence-corrected chi connectivity index (χ1v) is 5.34. The van der Waals surface area contributed by atoms with Gasteiger partial charge in [-0.05, 0) is 56.1 Å². The van der Waals surface area contributed by atoms with Crippen molar-refractivity contribution in [2.75, 3.05) is 6.54 Å². The number of hydrogen-bond acceptors (Lipinski definition) is 1. The Morgan fingerprint density at radius 1 is 1.50 bits per heavy atom. The smallest absolute Gasteiger partial charge is 0.0385 e. The first-order valence-electron chi connectivity index (χ1n) is 5.34. The molecule has 1 heterocycles. The fourth-order valence-electron chi connectivity index (χ4n) is 2.27. The molecule has 68 valence electrons. The van der Waals surface area contributed by atoms with Crippen LogP contribution in [0.2, 0.25) is 0 Å². The van der Waals surface area contributed by atoms with Gasteiger partial charge in [-0.1, -0.05) is 6.92 Å². The summed E-state index contributed by atoms with van der Waals surface area (Å²) in [4.78, 5) is 4.34. The van der Waals surface area contributed by atoms with Crippen molar-refractivity contribution < 1.29 is 0 Å².